The maximum atomic E-state index is 2.43. The van der Waals surface area contributed by atoms with Crippen LogP contribution in [-0.4, -0.2) is 0 Å². The molecule has 55 heavy (non-hydrogen) atoms. The minimum Gasteiger partial charge on any atom is -0.310 e. The van der Waals surface area contributed by atoms with Crippen LogP contribution in [0.25, 0.3) is 75.1 Å². The van der Waals surface area contributed by atoms with Gasteiger partial charge in [0.15, 0.2) is 0 Å². The number of anilines is 3. The molecule has 1 aliphatic rings. The number of hydrogen-bond acceptors (Lipinski definition) is 2. The van der Waals surface area contributed by atoms with Gasteiger partial charge in [0, 0.05) is 42.6 Å². The van der Waals surface area contributed by atoms with E-state index in [0.717, 1.165) is 17.1 Å². The first-order valence-corrected chi connectivity index (χ1v) is 19.9. The summed E-state index contributed by atoms with van der Waals surface area (Å²) in [4.78, 5) is 2.43. The topological polar surface area (TPSA) is 3.24 Å². The van der Waals surface area contributed by atoms with Crippen LogP contribution >= 0.6 is 11.3 Å². The van der Waals surface area contributed by atoms with Crippen molar-refractivity contribution < 1.29 is 0 Å². The van der Waals surface area contributed by atoms with Crippen molar-refractivity contribution in [3.05, 3.63) is 199 Å². The van der Waals surface area contributed by atoms with E-state index in [2.05, 4.69) is 207 Å². The van der Waals surface area contributed by atoms with Gasteiger partial charge < -0.3 is 4.90 Å². The number of benzene rings is 9. The molecule has 0 unspecified atom stereocenters. The van der Waals surface area contributed by atoms with Crippen LogP contribution < -0.4 is 4.90 Å². The zero-order chi connectivity index (χ0) is 36.7. The van der Waals surface area contributed by atoms with Gasteiger partial charge >= 0.3 is 0 Å². The van der Waals surface area contributed by atoms with Crippen LogP contribution in [0.3, 0.4) is 0 Å². The Morgan fingerprint density at radius 1 is 0.364 bits per heavy atom. The fourth-order valence-electron chi connectivity index (χ4n) is 9.03. The molecule has 11 rings (SSSR count). The zero-order valence-electron chi connectivity index (χ0n) is 30.8. The van der Waals surface area contributed by atoms with E-state index < -0.39 is 0 Å². The Bertz CT molecular complexity index is 3130. The Balaban J connectivity index is 1.06. The van der Waals surface area contributed by atoms with Crippen LogP contribution in [0.2, 0.25) is 0 Å². The van der Waals surface area contributed by atoms with Crippen LogP contribution in [0.1, 0.15) is 25.0 Å². The van der Waals surface area contributed by atoms with Crippen molar-refractivity contribution in [1.82, 2.24) is 0 Å². The molecule has 260 valence electrons. The Morgan fingerprint density at radius 3 is 1.87 bits per heavy atom. The molecule has 1 heterocycles. The second-order valence-electron chi connectivity index (χ2n) is 15.3. The van der Waals surface area contributed by atoms with Crippen molar-refractivity contribution in [3.8, 4) is 33.4 Å². The molecule has 0 aliphatic heterocycles. The number of thiophene rings is 1. The van der Waals surface area contributed by atoms with Crippen LogP contribution in [0, 0.1) is 0 Å². The Morgan fingerprint density at radius 2 is 0.982 bits per heavy atom. The lowest BCUT2D eigenvalue weighted by molar-refractivity contribution is 0.660. The molecule has 0 atom stereocenters. The lowest BCUT2D eigenvalue weighted by Crippen LogP contribution is -2.15. The van der Waals surface area contributed by atoms with Crippen LogP contribution in [0.4, 0.5) is 17.1 Å². The molecular weight excluding hydrogens is 683 g/mol. The van der Waals surface area contributed by atoms with Gasteiger partial charge in [-0.2, -0.15) is 0 Å². The molecule has 10 aromatic rings. The van der Waals surface area contributed by atoms with E-state index in [-0.39, 0.29) is 5.41 Å². The average molecular weight is 720 g/mol. The second-order valence-corrected chi connectivity index (χ2v) is 16.4. The molecule has 1 nitrogen and oxygen atoms in total. The molecule has 0 N–H and O–H groups in total. The summed E-state index contributed by atoms with van der Waals surface area (Å²) in [6.45, 7) is 4.70. The normalized spacial score (nSPS) is 13.1. The van der Waals surface area contributed by atoms with Gasteiger partial charge in [-0.15, -0.1) is 11.3 Å². The third-order valence-electron chi connectivity index (χ3n) is 11.8. The Labute approximate surface area is 325 Å². The molecule has 0 bridgehead atoms. The summed E-state index contributed by atoms with van der Waals surface area (Å²) in [5.74, 6) is 0. The molecule has 2 heteroatoms. The van der Waals surface area contributed by atoms with E-state index in [9.17, 15) is 0 Å². The first-order chi connectivity index (χ1) is 27.0. The summed E-state index contributed by atoms with van der Waals surface area (Å²) in [5, 5.41) is 7.77. The third kappa shape index (κ3) is 5.06. The fourth-order valence-corrected chi connectivity index (χ4v) is 10.4. The third-order valence-corrected chi connectivity index (χ3v) is 13.1. The number of nitrogens with zero attached hydrogens (tertiary/aromatic N) is 1. The van der Waals surface area contributed by atoms with Gasteiger partial charge in [-0.3, -0.25) is 0 Å². The molecule has 0 saturated heterocycles. The molecule has 1 aliphatic carbocycles. The first kappa shape index (κ1) is 32.0. The Hall–Kier alpha value is -6.48. The van der Waals surface area contributed by atoms with Crippen molar-refractivity contribution in [1.29, 1.82) is 0 Å². The summed E-state index contributed by atoms with van der Waals surface area (Å²) in [6, 6.07) is 69.6. The smallest absolute Gasteiger partial charge is 0.0468 e. The standard InChI is InChI=1S/C53H37NS/c1-53(2)49-20-8-7-17-45(49)48-33-42(28-30-50(48)53)54(41-15-9-14-38(32-41)39-22-21-34-11-3-4-13-37(34)31-39)40-26-23-36(24-27-40)44-18-10-19-46-47-29-25-35-12-5-6-16-43(35)52(47)55-51(44)46/h3-33H,1-2H3. The minimum atomic E-state index is -0.0488. The molecule has 0 spiro atoms. The van der Waals surface area contributed by atoms with E-state index in [0.29, 0.717) is 0 Å². The quantitative estimate of drug-likeness (QED) is 0.171. The van der Waals surface area contributed by atoms with Gasteiger partial charge in [0.25, 0.3) is 0 Å². The van der Waals surface area contributed by atoms with Crippen molar-refractivity contribution in [2.45, 2.75) is 19.3 Å². The first-order valence-electron chi connectivity index (χ1n) is 19.1. The summed E-state index contributed by atoms with van der Waals surface area (Å²) < 4.78 is 2.69. The van der Waals surface area contributed by atoms with E-state index in [1.54, 1.807) is 0 Å². The van der Waals surface area contributed by atoms with Crippen molar-refractivity contribution >= 4 is 70.1 Å². The Kier molecular flexibility index (Phi) is 7.14. The van der Waals surface area contributed by atoms with Crippen molar-refractivity contribution in [2.75, 3.05) is 4.90 Å². The predicted molar refractivity (Wildman–Crippen MR) is 237 cm³/mol. The van der Waals surface area contributed by atoms with Crippen LogP contribution in [0.15, 0.2) is 188 Å². The van der Waals surface area contributed by atoms with E-state index in [1.807, 2.05) is 11.3 Å². The lowest BCUT2D eigenvalue weighted by atomic mass is 9.82. The molecule has 0 saturated carbocycles. The fraction of sp³-hybridized carbons (Fsp3) is 0.0566. The van der Waals surface area contributed by atoms with E-state index in [1.165, 1.54) is 86.2 Å². The maximum Gasteiger partial charge on any atom is 0.0468 e. The average Bonchev–Trinajstić information content (AvgIpc) is 3.73. The highest BCUT2D eigenvalue weighted by molar-refractivity contribution is 7.27. The number of rotatable bonds is 5. The molecule has 0 amide bonds. The highest BCUT2D eigenvalue weighted by Gasteiger charge is 2.35. The van der Waals surface area contributed by atoms with Gasteiger partial charge in [0.2, 0.25) is 0 Å². The molecular formula is C53H37NS. The molecule has 0 radical (unpaired) electrons. The summed E-state index contributed by atoms with van der Waals surface area (Å²) in [5.41, 5.74) is 13.7. The van der Waals surface area contributed by atoms with Crippen molar-refractivity contribution in [3.63, 3.8) is 0 Å². The number of fused-ring (bicyclic) bond motifs is 9. The molecule has 1 aromatic heterocycles. The zero-order valence-corrected chi connectivity index (χ0v) is 31.6. The number of hydrogen-bond donors (Lipinski definition) is 0. The summed E-state index contributed by atoms with van der Waals surface area (Å²) >= 11 is 1.91. The van der Waals surface area contributed by atoms with E-state index in [4.69, 9.17) is 0 Å². The van der Waals surface area contributed by atoms with Gasteiger partial charge in [0.05, 0.1) is 0 Å². The van der Waals surface area contributed by atoms with Crippen LogP contribution in [0.5, 0.6) is 0 Å². The summed E-state index contributed by atoms with van der Waals surface area (Å²) in [6.07, 6.45) is 0. The van der Waals surface area contributed by atoms with Gasteiger partial charge in [-0.05, 0) is 109 Å². The van der Waals surface area contributed by atoms with Gasteiger partial charge in [-0.1, -0.05) is 159 Å². The molecule has 0 fully saturated rings. The maximum absolute atomic E-state index is 2.43. The lowest BCUT2D eigenvalue weighted by Gasteiger charge is -2.28. The van der Waals surface area contributed by atoms with E-state index >= 15 is 0 Å². The highest BCUT2D eigenvalue weighted by Crippen LogP contribution is 2.51. The van der Waals surface area contributed by atoms with Crippen LogP contribution in [-0.2, 0) is 5.41 Å². The minimum absolute atomic E-state index is 0.0488. The van der Waals surface area contributed by atoms with Gasteiger partial charge in [0.1, 0.15) is 0 Å². The monoisotopic (exact) mass is 719 g/mol. The highest BCUT2D eigenvalue weighted by atomic mass is 32.1. The van der Waals surface area contributed by atoms with Crippen molar-refractivity contribution in [2.24, 2.45) is 0 Å². The van der Waals surface area contributed by atoms with Gasteiger partial charge in [-0.25, -0.2) is 0 Å². The summed E-state index contributed by atoms with van der Waals surface area (Å²) in [7, 11) is 0. The predicted octanol–water partition coefficient (Wildman–Crippen LogP) is 15.5. The largest absolute Gasteiger partial charge is 0.310 e. The SMILES string of the molecule is CC1(C)c2ccccc2-c2cc(N(c3ccc(-c4cccc5c4sc4c6ccccc6ccc54)cc3)c3cccc(-c4ccc5ccccc5c4)c3)ccc21. The molecule has 9 aromatic carbocycles. The second kappa shape index (κ2) is 12.3.